The van der Waals surface area contributed by atoms with Gasteiger partial charge < -0.3 is 40.9 Å². The summed E-state index contributed by atoms with van der Waals surface area (Å²) in [6, 6.07) is 22.7. The number of carboxylic acid groups (broad SMARTS) is 3. The second-order valence-corrected chi connectivity index (χ2v) is 15.8. The van der Waals surface area contributed by atoms with Gasteiger partial charge in [-0.3, -0.25) is 19.2 Å². The molecular weight excluding hydrogens is 713 g/mol. The molecular formula is C44H56N4O8. The fourth-order valence-corrected chi connectivity index (χ4v) is 8.73. The lowest BCUT2D eigenvalue weighted by atomic mass is 9.86. The van der Waals surface area contributed by atoms with Crippen molar-refractivity contribution < 1.29 is 39.2 Å². The maximum Gasteiger partial charge on any atom is 0.307 e. The van der Waals surface area contributed by atoms with Gasteiger partial charge in [-0.1, -0.05) is 48.5 Å². The van der Waals surface area contributed by atoms with Crippen molar-refractivity contribution in [3.63, 3.8) is 0 Å². The van der Waals surface area contributed by atoms with Crippen LogP contribution in [0.1, 0.15) is 51.9 Å². The van der Waals surface area contributed by atoms with Gasteiger partial charge in [-0.2, -0.15) is 0 Å². The van der Waals surface area contributed by atoms with Gasteiger partial charge in [0, 0.05) is 12.1 Å². The van der Waals surface area contributed by atoms with Gasteiger partial charge in [0.15, 0.2) is 0 Å². The van der Waals surface area contributed by atoms with Crippen LogP contribution in [0.3, 0.4) is 0 Å². The van der Waals surface area contributed by atoms with Crippen molar-refractivity contribution in [3.05, 3.63) is 101 Å². The smallest absolute Gasteiger partial charge is 0.307 e. The number of nitrogens with one attached hydrogen (secondary N) is 3. The minimum atomic E-state index is -0.830. The van der Waals surface area contributed by atoms with E-state index in [9.17, 15) is 34.5 Å². The Balaban J connectivity index is 1.15. The Hall–Kier alpha value is -4.78. The van der Waals surface area contributed by atoms with Crippen molar-refractivity contribution >= 4 is 23.8 Å². The molecule has 0 aliphatic carbocycles. The van der Waals surface area contributed by atoms with Crippen LogP contribution in [0.4, 0.5) is 0 Å². The zero-order valence-electron chi connectivity index (χ0n) is 32.0. The lowest BCUT2D eigenvalue weighted by Gasteiger charge is -2.24. The first-order valence-corrected chi connectivity index (χ1v) is 20.1. The normalized spacial score (nSPS) is 21.0. The fraction of sp³-hybridized carbons (Fsp3) is 0.500. The van der Waals surface area contributed by atoms with Gasteiger partial charge >= 0.3 is 17.9 Å². The van der Waals surface area contributed by atoms with Crippen LogP contribution < -0.4 is 20.7 Å². The highest BCUT2D eigenvalue weighted by Crippen LogP contribution is 2.27. The molecule has 0 bridgehead atoms. The molecule has 0 radical (unpaired) electrons. The highest BCUT2D eigenvalue weighted by atomic mass is 16.5. The SMILES string of the molecule is O=C(O)[C@@H](Cc1cccc(CCN(CCOc2cccc(C[C@H](C(=O)O)[C@H]3CCNC3)c2)C(=O)c2cccc(C[C@H](C(=O)O)[C@H]3CCNC3)c2)c1)[C@H]1CCNC1. The predicted octanol–water partition coefficient (Wildman–Crippen LogP) is 4.01. The third kappa shape index (κ3) is 11.2. The molecule has 0 spiro atoms. The van der Waals surface area contributed by atoms with E-state index in [4.69, 9.17) is 4.74 Å². The first-order valence-electron chi connectivity index (χ1n) is 20.1. The van der Waals surface area contributed by atoms with E-state index in [0.717, 1.165) is 61.2 Å². The van der Waals surface area contributed by atoms with E-state index >= 15 is 0 Å². The molecule has 12 nitrogen and oxygen atoms in total. The van der Waals surface area contributed by atoms with Gasteiger partial charge in [0.25, 0.3) is 5.91 Å². The number of nitrogens with zero attached hydrogens (tertiary/aromatic N) is 1. The second kappa shape index (κ2) is 19.9. The Morgan fingerprint density at radius 1 is 0.607 bits per heavy atom. The topological polar surface area (TPSA) is 178 Å². The van der Waals surface area contributed by atoms with E-state index in [0.29, 0.717) is 63.2 Å². The first kappa shape index (κ1) is 40.9. The third-order valence-corrected chi connectivity index (χ3v) is 12.0. The molecule has 6 rings (SSSR count). The average molecular weight is 769 g/mol. The molecule has 6 atom stereocenters. The largest absolute Gasteiger partial charge is 0.492 e. The molecule has 1 amide bonds. The molecule has 3 aliphatic rings. The molecule has 56 heavy (non-hydrogen) atoms. The van der Waals surface area contributed by atoms with Crippen LogP contribution in [0.15, 0.2) is 72.8 Å². The standard InChI is InChI=1S/C44H56N4O8/c49-41(33-8-2-6-31(21-33)24-39(43(52)53)35-11-15-46-27-35)48(17-13-29-4-1-5-30(20-29)23-38(42(50)51)34-10-14-45-26-34)18-19-56-37-9-3-7-32(22-37)25-40(44(54)55)36-12-16-47-28-36/h1-9,20-22,34-36,38-40,45-47H,10-19,23-28H2,(H,50,51)(H,52,53)(H,54,55)/t34-,35-,36-,38-,39-,40-/m0/s1. The highest BCUT2D eigenvalue weighted by molar-refractivity contribution is 5.94. The van der Waals surface area contributed by atoms with Crippen LogP contribution in [-0.2, 0) is 40.1 Å². The van der Waals surface area contributed by atoms with E-state index in [1.807, 2.05) is 60.7 Å². The number of carbonyl (C=O) groups is 4. The zero-order chi connectivity index (χ0) is 39.4. The molecule has 3 heterocycles. The van der Waals surface area contributed by atoms with Gasteiger partial charge in [0.1, 0.15) is 12.4 Å². The molecule has 3 fully saturated rings. The van der Waals surface area contributed by atoms with Gasteiger partial charge in [0.05, 0.1) is 24.3 Å². The van der Waals surface area contributed by atoms with Gasteiger partial charge in [0.2, 0.25) is 0 Å². The molecule has 0 saturated carbocycles. The quantitative estimate of drug-likeness (QED) is 0.0980. The third-order valence-electron chi connectivity index (χ3n) is 12.0. The summed E-state index contributed by atoms with van der Waals surface area (Å²) >= 11 is 0. The summed E-state index contributed by atoms with van der Waals surface area (Å²) in [6.07, 6.45) is 4.21. The van der Waals surface area contributed by atoms with Crippen LogP contribution in [0.2, 0.25) is 0 Å². The fourth-order valence-electron chi connectivity index (χ4n) is 8.73. The second-order valence-electron chi connectivity index (χ2n) is 15.8. The molecule has 12 heteroatoms. The van der Waals surface area contributed by atoms with Crippen LogP contribution in [0.5, 0.6) is 5.75 Å². The Kier molecular flexibility index (Phi) is 14.5. The highest BCUT2D eigenvalue weighted by Gasteiger charge is 2.33. The van der Waals surface area contributed by atoms with Crippen LogP contribution in [0, 0.1) is 35.5 Å². The van der Waals surface area contributed by atoms with Crippen molar-refractivity contribution in [3.8, 4) is 5.75 Å². The molecule has 300 valence electrons. The average Bonchev–Trinajstić information content (AvgIpc) is 4.02. The van der Waals surface area contributed by atoms with Crippen LogP contribution in [0.25, 0.3) is 0 Å². The first-order chi connectivity index (χ1) is 27.1. The maximum absolute atomic E-state index is 14.2. The van der Waals surface area contributed by atoms with Crippen molar-refractivity contribution in [2.45, 2.75) is 44.9 Å². The Labute approximate surface area is 329 Å². The van der Waals surface area contributed by atoms with Crippen molar-refractivity contribution in [1.29, 1.82) is 0 Å². The summed E-state index contributed by atoms with van der Waals surface area (Å²) in [7, 11) is 0. The lowest BCUT2D eigenvalue weighted by Crippen LogP contribution is -2.36. The number of amides is 1. The molecule has 3 aromatic rings. The molecule has 0 aromatic heterocycles. The molecule has 3 aliphatic heterocycles. The molecule has 3 aromatic carbocycles. The number of rotatable bonds is 20. The van der Waals surface area contributed by atoms with E-state index < -0.39 is 35.7 Å². The lowest BCUT2D eigenvalue weighted by molar-refractivity contribution is -0.144. The summed E-state index contributed by atoms with van der Waals surface area (Å²) in [5, 5.41) is 39.8. The Morgan fingerprint density at radius 2 is 1.07 bits per heavy atom. The molecule has 3 saturated heterocycles. The Morgan fingerprint density at radius 3 is 1.57 bits per heavy atom. The van der Waals surface area contributed by atoms with E-state index in [1.54, 1.807) is 17.0 Å². The molecule has 6 N–H and O–H groups in total. The van der Waals surface area contributed by atoms with E-state index in [2.05, 4.69) is 16.0 Å². The summed E-state index contributed by atoms with van der Waals surface area (Å²) in [5.74, 6) is -3.30. The molecule has 0 unspecified atom stereocenters. The maximum atomic E-state index is 14.2. The number of hydrogen-bond donors (Lipinski definition) is 6. The van der Waals surface area contributed by atoms with Crippen molar-refractivity contribution in [1.82, 2.24) is 20.9 Å². The van der Waals surface area contributed by atoms with Crippen LogP contribution in [-0.4, -0.2) is 103 Å². The van der Waals surface area contributed by atoms with Crippen LogP contribution >= 0.6 is 0 Å². The minimum absolute atomic E-state index is 0.0325. The number of hydrogen-bond acceptors (Lipinski definition) is 8. The van der Waals surface area contributed by atoms with Crippen molar-refractivity contribution in [2.75, 3.05) is 59.0 Å². The summed E-state index contributed by atoms with van der Waals surface area (Å²) in [4.78, 5) is 52.6. The predicted molar refractivity (Wildman–Crippen MR) is 212 cm³/mol. The van der Waals surface area contributed by atoms with Gasteiger partial charge in [-0.05, 0) is 148 Å². The van der Waals surface area contributed by atoms with Gasteiger partial charge in [-0.25, -0.2) is 0 Å². The van der Waals surface area contributed by atoms with Crippen molar-refractivity contribution in [2.24, 2.45) is 35.5 Å². The zero-order valence-corrected chi connectivity index (χ0v) is 32.0. The van der Waals surface area contributed by atoms with E-state index in [-0.39, 0.29) is 36.8 Å². The summed E-state index contributed by atoms with van der Waals surface area (Å²) < 4.78 is 6.19. The minimum Gasteiger partial charge on any atom is -0.492 e. The number of carboxylic acids is 3. The summed E-state index contributed by atoms with van der Waals surface area (Å²) in [6.45, 7) is 5.39. The monoisotopic (exact) mass is 768 g/mol. The number of benzene rings is 3. The Bertz CT molecular complexity index is 1800. The number of ether oxygens (including phenoxy) is 1. The van der Waals surface area contributed by atoms with E-state index in [1.165, 1.54) is 0 Å². The van der Waals surface area contributed by atoms with Gasteiger partial charge in [-0.15, -0.1) is 0 Å². The summed E-state index contributed by atoms with van der Waals surface area (Å²) in [5.41, 5.74) is 4.11. The number of aliphatic carboxylic acids is 3. The number of carbonyl (C=O) groups excluding carboxylic acids is 1.